The fraction of sp³-hybridized carbons (Fsp3) is 0.667. The minimum atomic E-state index is -5.15. The third-order valence-corrected chi connectivity index (χ3v) is 1.85. The average Bonchev–Trinajstić information content (AvgIpc) is 1.96. The van der Waals surface area contributed by atoms with E-state index in [1.54, 1.807) is 0 Å². The number of aliphatic hydroxyl groups excluding tert-OH is 1. The second kappa shape index (κ2) is 5.46. The van der Waals surface area contributed by atoms with E-state index in [4.69, 9.17) is 0 Å². The highest BCUT2D eigenvalue weighted by atomic mass is 19.4. The Morgan fingerprint density at radius 2 is 1.94 bits per heavy atom. The Hall–Kier alpha value is -1.15. The number of alkyl halides is 3. The third kappa shape index (κ3) is 6.90. The van der Waals surface area contributed by atoms with Gasteiger partial charge in [-0.2, -0.15) is 13.2 Å². The van der Waals surface area contributed by atoms with Crippen molar-refractivity contribution >= 4 is 5.97 Å². The van der Waals surface area contributed by atoms with E-state index in [9.17, 15) is 32.6 Å². The van der Waals surface area contributed by atoms with Crippen molar-refractivity contribution in [2.75, 3.05) is 27.2 Å². The number of carbonyl (C=O) groups excluding carboxylic acids is 1. The van der Waals surface area contributed by atoms with E-state index in [1.807, 2.05) is 0 Å². The molecule has 1 atom stereocenters. The molecule has 0 aromatic carbocycles. The van der Waals surface area contributed by atoms with Crippen molar-refractivity contribution in [2.24, 2.45) is 0 Å². The summed E-state index contributed by atoms with van der Waals surface area (Å²) in [5.74, 6) is -3.82. The van der Waals surface area contributed by atoms with Gasteiger partial charge in [-0.1, -0.05) is 0 Å². The van der Waals surface area contributed by atoms with Crippen LogP contribution in [0.25, 0.3) is 0 Å². The van der Waals surface area contributed by atoms with Crippen LogP contribution in [0.3, 0.4) is 0 Å². The molecular formula is C9H13F4NO3. The van der Waals surface area contributed by atoms with Crippen LogP contribution in [0, 0.1) is 0 Å². The van der Waals surface area contributed by atoms with Crippen LogP contribution in [0.1, 0.15) is 0 Å². The summed E-state index contributed by atoms with van der Waals surface area (Å²) in [6.07, 6.45) is -6.87. The normalized spacial score (nSPS) is 15.8. The first-order valence-electron chi connectivity index (χ1n) is 4.58. The van der Waals surface area contributed by atoms with Crippen molar-refractivity contribution in [2.45, 2.75) is 12.3 Å². The number of rotatable bonds is 5. The zero-order chi connectivity index (χ0) is 13.9. The molecule has 0 rings (SSSR count). The number of carboxylic acids is 1. The minimum Gasteiger partial charge on any atom is -0.544 e. The molecule has 0 aliphatic rings. The van der Waals surface area contributed by atoms with Crippen molar-refractivity contribution in [3.8, 4) is 0 Å². The van der Waals surface area contributed by atoms with Crippen LogP contribution >= 0.6 is 0 Å². The Labute approximate surface area is 95.4 Å². The van der Waals surface area contributed by atoms with Gasteiger partial charge < -0.3 is 19.5 Å². The van der Waals surface area contributed by atoms with Crippen LogP contribution in [0.5, 0.6) is 0 Å². The molecule has 0 radical (unpaired) electrons. The number of carboxylic acid groups (broad SMARTS) is 1. The maximum Gasteiger partial charge on any atom is 0.442 e. The fourth-order valence-corrected chi connectivity index (χ4v) is 1.24. The van der Waals surface area contributed by atoms with Crippen molar-refractivity contribution in [3.63, 3.8) is 0 Å². The summed E-state index contributed by atoms with van der Waals surface area (Å²) in [5.41, 5.74) is 0. The Kier molecular flexibility index (Phi) is 5.09. The van der Waals surface area contributed by atoms with Gasteiger partial charge in [0.2, 0.25) is 5.83 Å². The van der Waals surface area contributed by atoms with E-state index >= 15 is 0 Å². The van der Waals surface area contributed by atoms with Gasteiger partial charge in [0.25, 0.3) is 0 Å². The molecule has 17 heavy (non-hydrogen) atoms. The molecule has 4 nitrogen and oxygen atoms in total. The van der Waals surface area contributed by atoms with Gasteiger partial charge in [-0.3, -0.25) is 0 Å². The Morgan fingerprint density at radius 1 is 1.47 bits per heavy atom. The number of halogens is 4. The van der Waals surface area contributed by atoms with E-state index in [1.165, 1.54) is 14.1 Å². The summed E-state index contributed by atoms with van der Waals surface area (Å²) in [5, 5.41) is 19.5. The number of quaternary nitrogens is 1. The molecule has 0 spiro atoms. The first-order valence-corrected chi connectivity index (χ1v) is 4.58. The maximum absolute atomic E-state index is 12.4. The van der Waals surface area contributed by atoms with Gasteiger partial charge in [0.05, 0.1) is 20.1 Å². The molecule has 0 saturated carbocycles. The van der Waals surface area contributed by atoms with Gasteiger partial charge >= 0.3 is 6.18 Å². The van der Waals surface area contributed by atoms with Crippen molar-refractivity contribution < 1.29 is 37.1 Å². The van der Waals surface area contributed by atoms with Crippen LogP contribution in [-0.4, -0.2) is 55.0 Å². The SMILES string of the molecule is C[N+](C)(CC(=O)[O-])CC(O)C=C(F)C(F)(F)F. The molecule has 0 aliphatic carbocycles. The van der Waals surface area contributed by atoms with E-state index in [-0.39, 0.29) is 17.1 Å². The average molecular weight is 259 g/mol. The molecule has 1 unspecified atom stereocenters. The molecule has 0 fully saturated rings. The van der Waals surface area contributed by atoms with Crippen molar-refractivity contribution in [1.82, 2.24) is 0 Å². The first-order chi connectivity index (χ1) is 7.44. The van der Waals surface area contributed by atoms with E-state index < -0.39 is 30.6 Å². The monoisotopic (exact) mass is 259 g/mol. The molecule has 1 N–H and O–H groups in total. The molecule has 8 heteroatoms. The quantitative estimate of drug-likeness (QED) is 0.539. The fourth-order valence-electron chi connectivity index (χ4n) is 1.24. The van der Waals surface area contributed by atoms with Gasteiger partial charge in [-0.05, 0) is 6.08 Å². The Balaban J connectivity index is 4.55. The lowest BCUT2D eigenvalue weighted by molar-refractivity contribution is -0.887. The summed E-state index contributed by atoms with van der Waals surface area (Å²) in [6, 6.07) is 0. The highest BCUT2D eigenvalue weighted by Crippen LogP contribution is 2.26. The van der Waals surface area contributed by atoms with Gasteiger partial charge in [-0.25, -0.2) is 4.39 Å². The molecule has 0 saturated heterocycles. The van der Waals surface area contributed by atoms with Gasteiger partial charge in [0.15, 0.2) is 0 Å². The number of hydrogen-bond donors (Lipinski definition) is 1. The number of nitrogens with zero attached hydrogens (tertiary/aromatic N) is 1. The zero-order valence-electron chi connectivity index (χ0n) is 9.29. The van der Waals surface area contributed by atoms with E-state index in [2.05, 4.69) is 0 Å². The lowest BCUT2D eigenvalue weighted by Gasteiger charge is -2.31. The molecule has 0 bridgehead atoms. The van der Waals surface area contributed by atoms with Gasteiger partial charge in [-0.15, -0.1) is 0 Å². The summed E-state index contributed by atoms with van der Waals surface area (Å²) in [7, 11) is 2.72. The number of aliphatic carboxylic acids is 1. The largest absolute Gasteiger partial charge is 0.544 e. The van der Waals surface area contributed by atoms with Crippen LogP contribution in [0.2, 0.25) is 0 Å². The second-order valence-corrected chi connectivity index (χ2v) is 4.23. The molecule has 0 aliphatic heterocycles. The maximum atomic E-state index is 12.4. The number of allylic oxidation sites excluding steroid dienone is 1. The molecule has 0 heterocycles. The Bertz CT molecular complexity index is 312. The topological polar surface area (TPSA) is 60.4 Å². The standard InChI is InChI=1S/C9H13F4NO3/c1-14(2,5-8(16)17)4-6(15)3-7(10)9(11,12)13/h3,6,15H,4-5H2,1-2H3. The summed E-state index contributed by atoms with van der Waals surface area (Å²) in [6.45, 7) is -0.879. The van der Waals surface area contributed by atoms with Crippen LogP contribution in [0.4, 0.5) is 17.6 Å². The predicted octanol–water partition coefficient (Wildman–Crippen LogP) is -0.411. The second-order valence-electron chi connectivity index (χ2n) is 4.23. The number of hydrogen-bond acceptors (Lipinski definition) is 3. The highest BCUT2D eigenvalue weighted by molar-refractivity contribution is 5.65. The number of aliphatic hydroxyl groups is 1. The van der Waals surface area contributed by atoms with E-state index in [0.717, 1.165) is 0 Å². The van der Waals surface area contributed by atoms with Gasteiger partial charge in [0, 0.05) is 0 Å². The zero-order valence-corrected chi connectivity index (χ0v) is 9.29. The number of carbonyl (C=O) groups is 1. The highest BCUT2D eigenvalue weighted by Gasteiger charge is 2.35. The van der Waals surface area contributed by atoms with Crippen molar-refractivity contribution in [1.29, 1.82) is 0 Å². The van der Waals surface area contributed by atoms with Crippen molar-refractivity contribution in [3.05, 3.63) is 11.9 Å². The van der Waals surface area contributed by atoms with Crippen LogP contribution < -0.4 is 5.11 Å². The Morgan fingerprint density at radius 3 is 2.29 bits per heavy atom. The summed E-state index contributed by atoms with van der Waals surface area (Å²) >= 11 is 0. The molecule has 0 aromatic heterocycles. The smallest absolute Gasteiger partial charge is 0.442 e. The molecule has 100 valence electrons. The lowest BCUT2D eigenvalue weighted by atomic mass is 10.2. The van der Waals surface area contributed by atoms with E-state index in [0.29, 0.717) is 0 Å². The minimum absolute atomic E-state index is 0.00921. The van der Waals surface area contributed by atoms with Gasteiger partial charge in [0.1, 0.15) is 19.2 Å². The van der Waals surface area contributed by atoms with Crippen LogP contribution in [0.15, 0.2) is 11.9 Å². The summed E-state index contributed by atoms with van der Waals surface area (Å²) in [4.78, 5) is 10.3. The third-order valence-electron chi connectivity index (χ3n) is 1.85. The molecular weight excluding hydrogens is 246 g/mol. The number of likely N-dealkylation sites (N-methyl/N-ethyl adjacent to an activating group) is 1. The lowest BCUT2D eigenvalue weighted by Crippen LogP contribution is -2.51. The molecule has 0 amide bonds. The summed E-state index contributed by atoms with van der Waals surface area (Å²) < 4.78 is 47.5. The first kappa shape index (κ1) is 15.9. The molecule has 0 aromatic rings. The predicted molar refractivity (Wildman–Crippen MR) is 48.1 cm³/mol. The van der Waals surface area contributed by atoms with Crippen LogP contribution in [-0.2, 0) is 4.79 Å².